The summed E-state index contributed by atoms with van der Waals surface area (Å²) < 4.78 is 28.1. The van der Waals surface area contributed by atoms with Gasteiger partial charge in [0, 0.05) is 37.1 Å². The SMILES string of the molecule is CC(=N)c1ccc(C(N)=NC=Nc2ccc(O[C-](F)F)cc2)cc1.[Hf]. The largest absolute Gasteiger partial charge is 0.599 e. The molecule has 0 spiro atoms. The summed E-state index contributed by atoms with van der Waals surface area (Å²) in [5.41, 5.74) is 8.38. The summed E-state index contributed by atoms with van der Waals surface area (Å²) in [6.45, 7) is -0.414. The van der Waals surface area contributed by atoms with Gasteiger partial charge in [0.15, 0.2) is 6.61 Å². The van der Waals surface area contributed by atoms with Crippen molar-refractivity contribution in [1.82, 2.24) is 0 Å². The molecule has 0 radical (unpaired) electrons. The Balaban J connectivity index is 0.00000312. The molecule has 25 heavy (non-hydrogen) atoms. The van der Waals surface area contributed by atoms with Crippen molar-refractivity contribution in [1.29, 1.82) is 5.41 Å². The molecule has 0 saturated carbocycles. The number of aliphatic imine (C=N–C) groups is 2. The molecule has 2 aromatic carbocycles. The zero-order chi connectivity index (χ0) is 17.5. The van der Waals surface area contributed by atoms with Crippen molar-refractivity contribution in [3.05, 3.63) is 66.3 Å². The van der Waals surface area contributed by atoms with Crippen LogP contribution in [0.25, 0.3) is 0 Å². The Morgan fingerprint density at radius 3 is 2.16 bits per heavy atom. The average Bonchev–Trinajstić information content (AvgIpc) is 2.56. The standard InChI is InChI=1S/C17H15F2N4O.Hf/c1-11(20)12-2-4-13(5-3-12)16(21)23-10-22-14-6-8-15(9-7-14)24-17(18)19;/h2-10,20H,1H3,(H2,21,22,23);/q-1;. The maximum atomic E-state index is 12.0. The summed E-state index contributed by atoms with van der Waals surface area (Å²) in [7, 11) is 0. The molecular weight excluding hydrogens is 493 g/mol. The minimum atomic E-state index is -2.12. The molecule has 5 nitrogen and oxygen atoms in total. The van der Waals surface area contributed by atoms with Gasteiger partial charge in [0.2, 0.25) is 0 Å². The van der Waals surface area contributed by atoms with E-state index < -0.39 is 6.61 Å². The fourth-order valence-electron chi connectivity index (χ4n) is 1.81. The first-order chi connectivity index (χ1) is 11.5. The maximum Gasteiger partial charge on any atom is 0.166 e. The Kier molecular flexibility index (Phi) is 8.27. The Morgan fingerprint density at radius 1 is 1.08 bits per heavy atom. The van der Waals surface area contributed by atoms with Gasteiger partial charge in [0.05, 0.1) is 11.4 Å². The van der Waals surface area contributed by atoms with Gasteiger partial charge in [-0.3, -0.25) is 0 Å². The Morgan fingerprint density at radius 2 is 1.64 bits per heavy atom. The van der Waals surface area contributed by atoms with E-state index in [-0.39, 0.29) is 37.4 Å². The second-order valence-electron chi connectivity index (χ2n) is 4.78. The van der Waals surface area contributed by atoms with Crippen molar-refractivity contribution in [3.8, 4) is 5.75 Å². The summed E-state index contributed by atoms with van der Waals surface area (Å²) in [6, 6.07) is 12.9. The van der Waals surface area contributed by atoms with Crippen LogP contribution in [0.4, 0.5) is 14.5 Å². The van der Waals surface area contributed by atoms with Crippen LogP contribution in [-0.2, 0) is 25.8 Å². The number of rotatable bonds is 6. The molecule has 0 unspecified atom stereocenters. The summed E-state index contributed by atoms with van der Waals surface area (Å²) >= 11 is 0. The molecule has 0 aliphatic heterocycles. The number of amidine groups is 1. The number of nitrogens with zero attached hydrogens (tertiary/aromatic N) is 2. The smallest absolute Gasteiger partial charge is 0.166 e. The Bertz CT molecular complexity index is 759. The van der Waals surface area contributed by atoms with Crippen LogP contribution in [0, 0.1) is 12.0 Å². The fraction of sp³-hybridized carbons (Fsp3) is 0.0588. The fourth-order valence-corrected chi connectivity index (χ4v) is 1.81. The number of halogens is 2. The van der Waals surface area contributed by atoms with Crippen LogP contribution >= 0.6 is 0 Å². The number of ether oxygens (including phenoxy) is 1. The van der Waals surface area contributed by atoms with Gasteiger partial charge in [-0.05, 0) is 36.8 Å². The second-order valence-corrected chi connectivity index (χ2v) is 4.78. The number of benzene rings is 2. The van der Waals surface area contributed by atoms with Crippen molar-refractivity contribution < 1.29 is 39.4 Å². The van der Waals surface area contributed by atoms with E-state index in [1.54, 1.807) is 31.2 Å². The van der Waals surface area contributed by atoms with Crippen molar-refractivity contribution in [2.75, 3.05) is 0 Å². The van der Waals surface area contributed by atoms with E-state index in [2.05, 4.69) is 14.7 Å². The van der Waals surface area contributed by atoms with Gasteiger partial charge in [0.1, 0.15) is 12.2 Å². The summed E-state index contributed by atoms with van der Waals surface area (Å²) in [6.07, 6.45) is 1.28. The summed E-state index contributed by atoms with van der Waals surface area (Å²) in [5, 5.41) is 7.54. The van der Waals surface area contributed by atoms with Crippen LogP contribution in [0.5, 0.6) is 5.75 Å². The normalized spacial score (nSPS) is 11.4. The van der Waals surface area contributed by atoms with E-state index in [1.807, 2.05) is 0 Å². The third-order valence-electron chi connectivity index (χ3n) is 3.05. The molecule has 2 aromatic rings. The van der Waals surface area contributed by atoms with Crippen LogP contribution in [0.3, 0.4) is 0 Å². The average molecular weight is 508 g/mol. The molecular formula is C17H15F2HfN4O-. The molecule has 0 aliphatic carbocycles. The van der Waals surface area contributed by atoms with Gasteiger partial charge >= 0.3 is 0 Å². The maximum absolute atomic E-state index is 12.0. The van der Waals surface area contributed by atoms with Crippen molar-refractivity contribution in [2.45, 2.75) is 6.92 Å². The molecule has 3 N–H and O–H groups in total. The van der Waals surface area contributed by atoms with Crippen molar-refractivity contribution >= 4 is 23.6 Å². The predicted molar refractivity (Wildman–Crippen MR) is 90.4 cm³/mol. The summed E-state index contributed by atoms with van der Waals surface area (Å²) in [4.78, 5) is 8.09. The van der Waals surface area contributed by atoms with Crippen LogP contribution < -0.4 is 10.5 Å². The number of nitrogens with one attached hydrogen (secondary N) is 1. The third-order valence-corrected chi connectivity index (χ3v) is 3.05. The number of nitrogens with two attached hydrogens (primary N) is 1. The molecule has 0 aliphatic rings. The Labute approximate surface area is 162 Å². The zero-order valence-corrected chi connectivity index (χ0v) is 16.9. The van der Waals surface area contributed by atoms with Crippen LogP contribution in [-0.4, -0.2) is 17.9 Å². The zero-order valence-electron chi connectivity index (χ0n) is 13.3. The molecule has 0 aromatic heterocycles. The van der Waals surface area contributed by atoms with Gasteiger partial charge in [-0.25, -0.2) is 9.98 Å². The first-order valence-corrected chi connectivity index (χ1v) is 6.93. The molecule has 0 saturated heterocycles. The van der Waals surface area contributed by atoms with Gasteiger partial charge in [-0.2, -0.15) is 0 Å². The molecule has 0 bridgehead atoms. The van der Waals surface area contributed by atoms with Crippen LogP contribution in [0.2, 0.25) is 0 Å². The third kappa shape index (κ3) is 6.66. The van der Waals surface area contributed by atoms with Gasteiger partial charge < -0.3 is 24.7 Å². The monoisotopic (exact) mass is 509 g/mol. The predicted octanol–water partition coefficient (Wildman–Crippen LogP) is 3.90. The second kappa shape index (κ2) is 9.93. The van der Waals surface area contributed by atoms with Crippen molar-refractivity contribution in [3.63, 3.8) is 0 Å². The van der Waals surface area contributed by atoms with E-state index in [4.69, 9.17) is 11.1 Å². The Hall–Kier alpha value is -2.22. The van der Waals surface area contributed by atoms with E-state index >= 15 is 0 Å². The van der Waals surface area contributed by atoms with E-state index in [0.717, 1.165) is 5.56 Å². The van der Waals surface area contributed by atoms with Crippen LogP contribution in [0.15, 0.2) is 58.5 Å². The molecule has 0 fully saturated rings. The minimum absolute atomic E-state index is 0. The molecule has 0 amide bonds. The number of hydrogen-bond donors (Lipinski definition) is 2. The van der Waals surface area contributed by atoms with E-state index in [0.29, 0.717) is 17.0 Å². The quantitative estimate of drug-likeness (QED) is 0.269. The van der Waals surface area contributed by atoms with Gasteiger partial charge in [-0.15, -0.1) is 0 Å². The van der Waals surface area contributed by atoms with Gasteiger partial charge in [0.25, 0.3) is 0 Å². The first kappa shape index (κ1) is 20.8. The van der Waals surface area contributed by atoms with Crippen molar-refractivity contribution in [2.24, 2.45) is 15.7 Å². The minimum Gasteiger partial charge on any atom is -0.599 e. The first-order valence-electron chi connectivity index (χ1n) is 6.93. The number of hydrogen-bond acceptors (Lipinski definition) is 3. The molecule has 128 valence electrons. The molecule has 8 heteroatoms. The topological polar surface area (TPSA) is 83.8 Å². The molecule has 0 atom stereocenters. The van der Waals surface area contributed by atoms with E-state index in [1.165, 1.54) is 30.6 Å². The van der Waals surface area contributed by atoms with Crippen LogP contribution in [0.1, 0.15) is 18.1 Å². The summed E-state index contributed by atoms with van der Waals surface area (Å²) in [5.74, 6) is 0.306. The molecule has 0 heterocycles. The van der Waals surface area contributed by atoms with Gasteiger partial charge in [-0.1, -0.05) is 24.3 Å². The molecule has 2 rings (SSSR count). The van der Waals surface area contributed by atoms with E-state index in [9.17, 15) is 8.78 Å².